The van der Waals surface area contributed by atoms with Crippen molar-refractivity contribution in [2.24, 2.45) is 4.99 Å². The molecule has 4 rings (SSSR count). The van der Waals surface area contributed by atoms with Crippen LogP contribution >= 0.6 is 11.3 Å². The van der Waals surface area contributed by atoms with Crippen molar-refractivity contribution in [2.75, 3.05) is 0 Å². The molecule has 0 aliphatic carbocycles. The van der Waals surface area contributed by atoms with Gasteiger partial charge < -0.3 is 4.74 Å². The molecule has 0 atom stereocenters. The highest BCUT2D eigenvalue weighted by molar-refractivity contribution is 7.12. The fraction of sp³-hybridized carbons (Fsp3) is 0.0556. The van der Waals surface area contributed by atoms with Gasteiger partial charge in [-0.2, -0.15) is 5.10 Å². The van der Waals surface area contributed by atoms with Crippen LogP contribution in [-0.4, -0.2) is 21.6 Å². The van der Waals surface area contributed by atoms with Crippen molar-refractivity contribution < 1.29 is 9.53 Å². The molecule has 3 aromatic rings. The van der Waals surface area contributed by atoms with E-state index in [0.29, 0.717) is 12.4 Å². The number of hydrogen-bond donors (Lipinski definition) is 0. The van der Waals surface area contributed by atoms with Crippen LogP contribution in [0.15, 0.2) is 70.9 Å². The maximum atomic E-state index is 12.0. The summed E-state index contributed by atoms with van der Waals surface area (Å²) in [6.07, 6.45) is 5.28. The zero-order chi connectivity index (χ0) is 16.4. The third-order valence-electron chi connectivity index (χ3n) is 3.50. The molecule has 24 heavy (non-hydrogen) atoms. The molecule has 3 heterocycles. The van der Waals surface area contributed by atoms with Crippen molar-refractivity contribution in [3.8, 4) is 0 Å². The predicted octanol–water partition coefficient (Wildman–Crippen LogP) is 3.34. The first kappa shape index (κ1) is 14.6. The van der Waals surface area contributed by atoms with Crippen molar-refractivity contribution in [3.63, 3.8) is 0 Å². The van der Waals surface area contributed by atoms with E-state index in [-0.39, 0.29) is 5.70 Å². The second kappa shape index (κ2) is 6.25. The largest absolute Gasteiger partial charge is 0.401 e. The fourth-order valence-electron chi connectivity index (χ4n) is 2.38. The SMILES string of the molecule is O=C1OC(c2cccs2)=N/C1=C\c1cnn(Cc2ccccc2)c1. The lowest BCUT2D eigenvalue weighted by Crippen LogP contribution is -2.03. The van der Waals surface area contributed by atoms with Crippen LogP contribution in [0.3, 0.4) is 0 Å². The Morgan fingerprint density at radius 1 is 1.17 bits per heavy atom. The van der Waals surface area contributed by atoms with Crippen LogP contribution in [0.2, 0.25) is 0 Å². The molecule has 118 valence electrons. The Morgan fingerprint density at radius 3 is 2.83 bits per heavy atom. The molecule has 0 bridgehead atoms. The second-order valence-corrected chi connectivity index (χ2v) is 6.22. The number of hydrogen-bond acceptors (Lipinski definition) is 5. The predicted molar refractivity (Wildman–Crippen MR) is 92.7 cm³/mol. The molecule has 1 aliphatic heterocycles. The Morgan fingerprint density at radius 2 is 2.04 bits per heavy atom. The summed E-state index contributed by atoms with van der Waals surface area (Å²) < 4.78 is 7.04. The number of esters is 1. The van der Waals surface area contributed by atoms with Gasteiger partial charge in [-0.25, -0.2) is 9.79 Å². The maximum Gasteiger partial charge on any atom is 0.363 e. The molecule has 0 spiro atoms. The lowest BCUT2D eigenvalue weighted by atomic mass is 10.2. The molecule has 0 amide bonds. The standard InChI is InChI=1S/C18H13N3O2S/c22-18-15(20-17(23-18)16-7-4-8-24-16)9-14-10-19-21(12-14)11-13-5-2-1-3-6-13/h1-10,12H,11H2/b15-9-. The molecule has 0 radical (unpaired) electrons. The number of ether oxygens (including phenoxy) is 1. The number of nitrogens with zero attached hydrogens (tertiary/aromatic N) is 3. The van der Waals surface area contributed by atoms with E-state index in [1.807, 2.05) is 58.7 Å². The minimum atomic E-state index is -0.436. The summed E-state index contributed by atoms with van der Waals surface area (Å²) in [5, 5.41) is 6.24. The topological polar surface area (TPSA) is 56.5 Å². The summed E-state index contributed by atoms with van der Waals surface area (Å²) in [6.45, 7) is 0.679. The number of benzene rings is 1. The Kier molecular flexibility index (Phi) is 3.80. The molecule has 1 aromatic carbocycles. The number of thiophene rings is 1. The van der Waals surface area contributed by atoms with Crippen LogP contribution in [0, 0.1) is 0 Å². The maximum absolute atomic E-state index is 12.0. The third kappa shape index (κ3) is 3.04. The molecule has 6 heteroatoms. The fourth-order valence-corrected chi connectivity index (χ4v) is 3.03. The molecular weight excluding hydrogens is 322 g/mol. The molecule has 1 aliphatic rings. The second-order valence-electron chi connectivity index (χ2n) is 5.27. The van der Waals surface area contributed by atoms with Crippen LogP contribution in [0.1, 0.15) is 16.0 Å². The van der Waals surface area contributed by atoms with E-state index in [1.165, 1.54) is 11.3 Å². The summed E-state index contributed by atoms with van der Waals surface area (Å²) in [5.41, 5.74) is 2.27. The Balaban J connectivity index is 1.54. The van der Waals surface area contributed by atoms with Crippen LogP contribution in [0.5, 0.6) is 0 Å². The van der Waals surface area contributed by atoms with Gasteiger partial charge in [0.1, 0.15) is 0 Å². The Hall–Kier alpha value is -2.99. The number of rotatable bonds is 4. The van der Waals surface area contributed by atoms with Gasteiger partial charge in [0.15, 0.2) is 5.70 Å². The van der Waals surface area contributed by atoms with E-state index in [9.17, 15) is 4.79 Å². The quantitative estimate of drug-likeness (QED) is 0.543. The minimum absolute atomic E-state index is 0.290. The number of carbonyl (C=O) groups is 1. The molecule has 0 N–H and O–H groups in total. The zero-order valence-corrected chi connectivity index (χ0v) is 13.4. The molecule has 0 fully saturated rings. The lowest BCUT2D eigenvalue weighted by Gasteiger charge is -2.00. The average Bonchev–Trinajstić information content (AvgIpc) is 3.31. The van der Waals surface area contributed by atoms with E-state index in [4.69, 9.17) is 4.74 Å². The highest BCUT2D eigenvalue weighted by atomic mass is 32.1. The number of cyclic esters (lactones) is 1. The first-order valence-corrected chi connectivity index (χ1v) is 8.29. The van der Waals surface area contributed by atoms with Gasteiger partial charge in [0.25, 0.3) is 0 Å². The van der Waals surface area contributed by atoms with E-state index < -0.39 is 5.97 Å². The number of aliphatic imine (C=N–C) groups is 1. The van der Waals surface area contributed by atoms with Crippen molar-refractivity contribution in [1.82, 2.24) is 9.78 Å². The van der Waals surface area contributed by atoms with Gasteiger partial charge in [-0.15, -0.1) is 11.3 Å². The van der Waals surface area contributed by atoms with Gasteiger partial charge in [-0.1, -0.05) is 36.4 Å². The highest BCUT2D eigenvalue weighted by Crippen LogP contribution is 2.21. The summed E-state index contributed by atoms with van der Waals surface area (Å²) in [4.78, 5) is 17.1. The lowest BCUT2D eigenvalue weighted by molar-refractivity contribution is -0.129. The Bertz CT molecular complexity index is 924. The Labute approximate surface area is 142 Å². The number of carbonyl (C=O) groups excluding carboxylic acids is 1. The van der Waals surface area contributed by atoms with E-state index in [2.05, 4.69) is 10.1 Å². The molecule has 5 nitrogen and oxygen atoms in total. The van der Waals surface area contributed by atoms with Gasteiger partial charge in [0.05, 0.1) is 17.6 Å². The van der Waals surface area contributed by atoms with Gasteiger partial charge in [-0.05, 0) is 23.1 Å². The van der Waals surface area contributed by atoms with Crippen LogP contribution in [0.4, 0.5) is 0 Å². The number of aromatic nitrogens is 2. The van der Waals surface area contributed by atoms with Crippen LogP contribution in [-0.2, 0) is 16.1 Å². The molecular formula is C18H13N3O2S. The monoisotopic (exact) mass is 335 g/mol. The molecule has 2 aromatic heterocycles. The van der Waals surface area contributed by atoms with Gasteiger partial charge in [0.2, 0.25) is 5.90 Å². The smallest absolute Gasteiger partial charge is 0.363 e. The highest BCUT2D eigenvalue weighted by Gasteiger charge is 2.24. The van der Waals surface area contributed by atoms with E-state index in [1.54, 1.807) is 12.3 Å². The average molecular weight is 335 g/mol. The van der Waals surface area contributed by atoms with Gasteiger partial charge in [0, 0.05) is 11.8 Å². The van der Waals surface area contributed by atoms with Gasteiger partial charge in [-0.3, -0.25) is 4.68 Å². The van der Waals surface area contributed by atoms with Crippen molar-refractivity contribution in [2.45, 2.75) is 6.54 Å². The van der Waals surface area contributed by atoms with Gasteiger partial charge >= 0.3 is 5.97 Å². The summed E-state index contributed by atoms with van der Waals surface area (Å²) in [6, 6.07) is 13.8. The van der Waals surface area contributed by atoms with E-state index >= 15 is 0 Å². The first-order valence-electron chi connectivity index (χ1n) is 7.41. The van der Waals surface area contributed by atoms with Crippen LogP contribution in [0.25, 0.3) is 6.08 Å². The minimum Gasteiger partial charge on any atom is -0.401 e. The summed E-state index contributed by atoms with van der Waals surface area (Å²) in [5.74, 6) is -0.0767. The molecule has 0 saturated carbocycles. The summed E-state index contributed by atoms with van der Waals surface area (Å²) in [7, 11) is 0. The van der Waals surface area contributed by atoms with Crippen molar-refractivity contribution >= 4 is 29.3 Å². The van der Waals surface area contributed by atoms with E-state index in [0.717, 1.165) is 16.0 Å². The normalized spacial score (nSPS) is 15.6. The van der Waals surface area contributed by atoms with Crippen molar-refractivity contribution in [3.05, 3.63) is 81.9 Å². The van der Waals surface area contributed by atoms with Crippen LogP contribution < -0.4 is 0 Å². The first-order chi connectivity index (χ1) is 11.8. The molecule has 0 unspecified atom stereocenters. The zero-order valence-electron chi connectivity index (χ0n) is 12.6. The molecule has 0 saturated heterocycles. The summed E-state index contributed by atoms with van der Waals surface area (Å²) >= 11 is 1.48. The van der Waals surface area contributed by atoms with Crippen molar-refractivity contribution in [1.29, 1.82) is 0 Å². The third-order valence-corrected chi connectivity index (χ3v) is 4.35.